The topological polar surface area (TPSA) is 22.0 Å². The van der Waals surface area contributed by atoms with E-state index in [0.29, 0.717) is 0 Å². The second-order valence-electron chi connectivity index (χ2n) is 2.20. The zero-order valence-corrected chi connectivity index (χ0v) is 9.23. The minimum Gasteiger partial charge on any atom is -0.302 e. The van der Waals surface area contributed by atoms with Crippen LogP contribution < -0.4 is 5.56 Å². The Kier molecular flexibility index (Phi) is 3.25. The standard InChI is InChI=1S/C7H7NOS.Na/c9-6-2-1-3-7-8(6)4-5-10-7;/h1-3H,4-5H2;. The van der Waals surface area contributed by atoms with Crippen LogP contribution in [0, 0.1) is 0 Å². The molecule has 0 saturated heterocycles. The summed E-state index contributed by atoms with van der Waals surface area (Å²) < 4.78 is 1.81. The average Bonchev–Trinajstić information content (AvgIpc) is 2.36. The summed E-state index contributed by atoms with van der Waals surface area (Å²) in [5.74, 6) is 1.04. The van der Waals surface area contributed by atoms with Crippen LogP contribution in [0.4, 0.5) is 0 Å². The number of hydrogen-bond donors (Lipinski definition) is 0. The predicted octanol–water partition coefficient (Wildman–Crippen LogP) is 0.573. The molecule has 1 radical (unpaired) electrons. The Morgan fingerprint density at radius 2 is 2.27 bits per heavy atom. The molecule has 0 spiro atoms. The van der Waals surface area contributed by atoms with E-state index in [-0.39, 0.29) is 35.1 Å². The molecule has 1 aliphatic heterocycles. The summed E-state index contributed by atoms with van der Waals surface area (Å²) in [6, 6.07) is 5.40. The number of pyridine rings is 1. The van der Waals surface area contributed by atoms with Crippen LogP contribution in [-0.2, 0) is 6.54 Å². The van der Waals surface area contributed by atoms with Gasteiger partial charge < -0.3 is 4.57 Å². The van der Waals surface area contributed by atoms with Gasteiger partial charge in [-0.25, -0.2) is 0 Å². The number of thioether (sulfide) groups is 1. The largest absolute Gasteiger partial charge is 0.302 e. The van der Waals surface area contributed by atoms with Gasteiger partial charge in [-0.3, -0.25) is 4.79 Å². The van der Waals surface area contributed by atoms with Crippen molar-refractivity contribution in [1.82, 2.24) is 4.57 Å². The van der Waals surface area contributed by atoms with Gasteiger partial charge in [-0.2, -0.15) is 0 Å². The van der Waals surface area contributed by atoms with Gasteiger partial charge in [0.15, 0.2) is 0 Å². The zero-order chi connectivity index (χ0) is 6.97. The fourth-order valence-corrected chi connectivity index (χ4v) is 2.08. The molecular weight excluding hydrogens is 169 g/mol. The number of fused-ring (bicyclic) bond motifs is 1. The Balaban J connectivity index is 0.000000605. The van der Waals surface area contributed by atoms with E-state index in [1.54, 1.807) is 17.8 Å². The maximum atomic E-state index is 11.1. The molecule has 4 heteroatoms. The van der Waals surface area contributed by atoms with E-state index >= 15 is 0 Å². The van der Waals surface area contributed by atoms with Gasteiger partial charge >= 0.3 is 0 Å². The molecule has 0 aliphatic carbocycles. The minimum atomic E-state index is 0. The first-order valence-corrected chi connectivity index (χ1v) is 4.19. The van der Waals surface area contributed by atoms with Crippen LogP contribution in [0.15, 0.2) is 28.0 Å². The van der Waals surface area contributed by atoms with E-state index in [1.165, 1.54) is 0 Å². The van der Waals surface area contributed by atoms with Crippen LogP contribution >= 0.6 is 11.8 Å². The van der Waals surface area contributed by atoms with Crippen molar-refractivity contribution in [2.24, 2.45) is 0 Å². The Morgan fingerprint density at radius 1 is 1.45 bits per heavy atom. The summed E-state index contributed by atoms with van der Waals surface area (Å²) in [6.07, 6.45) is 0. The summed E-state index contributed by atoms with van der Waals surface area (Å²) in [4.78, 5) is 11.1. The second-order valence-corrected chi connectivity index (χ2v) is 3.32. The summed E-state index contributed by atoms with van der Waals surface area (Å²) in [7, 11) is 0. The maximum absolute atomic E-state index is 11.1. The van der Waals surface area contributed by atoms with E-state index in [0.717, 1.165) is 17.3 Å². The van der Waals surface area contributed by atoms with Crippen LogP contribution in [0.25, 0.3) is 0 Å². The molecule has 2 rings (SSSR count). The van der Waals surface area contributed by atoms with Gasteiger partial charge in [0.2, 0.25) is 0 Å². The van der Waals surface area contributed by atoms with Crippen LogP contribution in [-0.4, -0.2) is 39.9 Å². The van der Waals surface area contributed by atoms with Crippen molar-refractivity contribution in [3.8, 4) is 0 Å². The molecule has 0 aromatic carbocycles. The Labute approximate surface area is 91.3 Å². The van der Waals surface area contributed by atoms with E-state index < -0.39 is 0 Å². The molecule has 53 valence electrons. The first-order valence-electron chi connectivity index (χ1n) is 3.20. The fraction of sp³-hybridized carbons (Fsp3) is 0.286. The van der Waals surface area contributed by atoms with Crippen LogP contribution in [0.3, 0.4) is 0 Å². The third-order valence-electron chi connectivity index (χ3n) is 1.57. The van der Waals surface area contributed by atoms with Crippen molar-refractivity contribution >= 4 is 41.3 Å². The molecule has 2 nitrogen and oxygen atoms in total. The summed E-state index contributed by atoms with van der Waals surface area (Å²) in [5.41, 5.74) is 0.127. The number of hydrogen-bond acceptors (Lipinski definition) is 2. The van der Waals surface area contributed by atoms with Crippen molar-refractivity contribution in [3.05, 3.63) is 28.6 Å². The third-order valence-corrected chi connectivity index (χ3v) is 2.61. The Bertz CT molecular complexity index is 310. The molecule has 0 saturated carbocycles. The first kappa shape index (κ1) is 9.39. The molecule has 1 aromatic heterocycles. The van der Waals surface area contributed by atoms with Gasteiger partial charge in [-0.15, -0.1) is 11.8 Å². The molecule has 0 amide bonds. The summed E-state index contributed by atoms with van der Waals surface area (Å²) in [6.45, 7) is 0.875. The monoisotopic (exact) mass is 176 g/mol. The third kappa shape index (κ3) is 1.72. The number of aromatic nitrogens is 1. The molecule has 0 unspecified atom stereocenters. The summed E-state index contributed by atoms with van der Waals surface area (Å²) >= 11 is 1.74. The molecule has 0 fully saturated rings. The predicted molar refractivity (Wildman–Crippen MR) is 47.2 cm³/mol. The van der Waals surface area contributed by atoms with Crippen LogP contribution in [0.2, 0.25) is 0 Å². The van der Waals surface area contributed by atoms with Gasteiger partial charge in [-0.05, 0) is 6.07 Å². The van der Waals surface area contributed by atoms with Gasteiger partial charge in [0.25, 0.3) is 5.56 Å². The quantitative estimate of drug-likeness (QED) is 0.539. The van der Waals surface area contributed by atoms with Crippen molar-refractivity contribution in [1.29, 1.82) is 0 Å². The fourth-order valence-electron chi connectivity index (χ4n) is 1.09. The smallest absolute Gasteiger partial charge is 0.251 e. The van der Waals surface area contributed by atoms with E-state index in [4.69, 9.17) is 0 Å². The van der Waals surface area contributed by atoms with Gasteiger partial charge in [0, 0.05) is 47.9 Å². The average molecular weight is 176 g/mol. The molecule has 0 bridgehead atoms. The molecule has 1 aliphatic rings. The Hall–Kier alpha value is 0.300. The number of nitrogens with zero attached hydrogens (tertiary/aromatic N) is 1. The molecular formula is C7H7NNaOS. The van der Waals surface area contributed by atoms with Gasteiger partial charge in [0.1, 0.15) is 0 Å². The number of rotatable bonds is 0. The van der Waals surface area contributed by atoms with Crippen molar-refractivity contribution < 1.29 is 0 Å². The maximum Gasteiger partial charge on any atom is 0.251 e. The summed E-state index contributed by atoms with van der Waals surface area (Å²) in [5, 5.41) is 1.10. The van der Waals surface area contributed by atoms with Gasteiger partial charge in [0.05, 0.1) is 5.03 Å². The first-order chi connectivity index (χ1) is 4.88. The van der Waals surface area contributed by atoms with E-state index in [9.17, 15) is 4.79 Å². The van der Waals surface area contributed by atoms with Gasteiger partial charge in [-0.1, -0.05) is 6.07 Å². The molecule has 0 N–H and O–H groups in total. The second kappa shape index (κ2) is 3.81. The minimum absolute atomic E-state index is 0. The molecule has 0 atom stereocenters. The zero-order valence-electron chi connectivity index (χ0n) is 6.41. The van der Waals surface area contributed by atoms with Crippen LogP contribution in [0.1, 0.15) is 0 Å². The van der Waals surface area contributed by atoms with Crippen LogP contribution in [0.5, 0.6) is 0 Å². The van der Waals surface area contributed by atoms with Crippen molar-refractivity contribution in [3.63, 3.8) is 0 Å². The molecule has 11 heavy (non-hydrogen) atoms. The normalized spacial score (nSPS) is 13.8. The van der Waals surface area contributed by atoms with E-state index in [2.05, 4.69) is 0 Å². The van der Waals surface area contributed by atoms with E-state index in [1.807, 2.05) is 16.7 Å². The van der Waals surface area contributed by atoms with Crippen molar-refractivity contribution in [2.75, 3.05) is 5.75 Å². The molecule has 1 aromatic rings. The SMILES string of the molecule is O=c1cccc2n1CCS2.[Na]. The van der Waals surface area contributed by atoms with Crippen molar-refractivity contribution in [2.45, 2.75) is 11.6 Å². The molecule has 2 heterocycles. The Morgan fingerprint density at radius 3 is 3.00 bits per heavy atom.